The molecule has 0 aliphatic heterocycles. The summed E-state index contributed by atoms with van der Waals surface area (Å²) in [5.41, 5.74) is 12.7. The van der Waals surface area contributed by atoms with Crippen molar-refractivity contribution in [3.05, 3.63) is 46.5 Å². The zero-order valence-corrected chi connectivity index (χ0v) is 13.6. The Morgan fingerprint density at radius 1 is 1.00 bits per heavy atom. The SMILES string of the molecule is Cc1cc(C)cc(N(C)c2cc3nc(C)sc3cc2N)c1. The average Bonchev–Trinajstić information content (AvgIpc) is 2.75. The summed E-state index contributed by atoms with van der Waals surface area (Å²) in [5, 5.41) is 1.07. The summed E-state index contributed by atoms with van der Waals surface area (Å²) < 4.78 is 1.14. The molecule has 21 heavy (non-hydrogen) atoms. The van der Waals surface area contributed by atoms with Gasteiger partial charge in [0, 0.05) is 12.7 Å². The van der Waals surface area contributed by atoms with Crippen LogP contribution in [0.2, 0.25) is 0 Å². The molecule has 0 spiro atoms. The van der Waals surface area contributed by atoms with Gasteiger partial charge >= 0.3 is 0 Å². The minimum atomic E-state index is 0.785. The van der Waals surface area contributed by atoms with Crippen LogP contribution in [0.1, 0.15) is 16.1 Å². The van der Waals surface area contributed by atoms with Crippen molar-refractivity contribution in [2.45, 2.75) is 20.8 Å². The van der Waals surface area contributed by atoms with Crippen molar-refractivity contribution in [1.82, 2.24) is 4.98 Å². The Kier molecular flexibility index (Phi) is 3.33. The number of hydrogen-bond acceptors (Lipinski definition) is 4. The third-order valence-electron chi connectivity index (χ3n) is 3.60. The summed E-state index contributed by atoms with van der Waals surface area (Å²) in [6.45, 7) is 6.25. The highest BCUT2D eigenvalue weighted by atomic mass is 32.1. The zero-order chi connectivity index (χ0) is 15.1. The predicted molar refractivity (Wildman–Crippen MR) is 92.7 cm³/mol. The van der Waals surface area contributed by atoms with Gasteiger partial charge in [-0.1, -0.05) is 6.07 Å². The number of nitrogens with two attached hydrogens (primary N) is 1. The number of rotatable bonds is 2. The van der Waals surface area contributed by atoms with Crippen molar-refractivity contribution < 1.29 is 0 Å². The number of anilines is 3. The van der Waals surface area contributed by atoms with Gasteiger partial charge in [-0.15, -0.1) is 11.3 Å². The summed E-state index contributed by atoms with van der Waals surface area (Å²) >= 11 is 1.68. The molecule has 108 valence electrons. The molecule has 1 aromatic heterocycles. The molecule has 2 aromatic carbocycles. The van der Waals surface area contributed by atoms with Gasteiger partial charge in [0.15, 0.2) is 0 Å². The van der Waals surface area contributed by atoms with Gasteiger partial charge in [0.1, 0.15) is 0 Å². The maximum absolute atomic E-state index is 6.25. The first kappa shape index (κ1) is 13.9. The van der Waals surface area contributed by atoms with Crippen molar-refractivity contribution >= 4 is 38.6 Å². The molecule has 3 rings (SSSR count). The van der Waals surface area contributed by atoms with E-state index in [9.17, 15) is 0 Å². The first-order valence-corrected chi connectivity index (χ1v) is 7.74. The second-order valence-corrected chi connectivity index (χ2v) is 6.75. The van der Waals surface area contributed by atoms with E-state index >= 15 is 0 Å². The number of nitrogen functional groups attached to an aromatic ring is 1. The number of nitrogens with zero attached hydrogens (tertiary/aromatic N) is 2. The Balaban J connectivity index is 2.11. The summed E-state index contributed by atoms with van der Waals surface area (Å²) in [6, 6.07) is 10.6. The number of fused-ring (bicyclic) bond motifs is 1. The lowest BCUT2D eigenvalue weighted by atomic mass is 10.1. The second-order valence-electron chi connectivity index (χ2n) is 5.52. The Morgan fingerprint density at radius 3 is 2.33 bits per heavy atom. The van der Waals surface area contributed by atoms with Gasteiger partial charge in [-0.2, -0.15) is 0 Å². The minimum absolute atomic E-state index is 0.785. The van der Waals surface area contributed by atoms with Gasteiger partial charge in [-0.3, -0.25) is 0 Å². The Labute approximate surface area is 129 Å². The van der Waals surface area contributed by atoms with Crippen LogP contribution < -0.4 is 10.6 Å². The fraction of sp³-hybridized carbons (Fsp3) is 0.235. The highest BCUT2D eigenvalue weighted by Gasteiger charge is 2.12. The third-order valence-corrected chi connectivity index (χ3v) is 4.53. The third kappa shape index (κ3) is 2.59. The quantitative estimate of drug-likeness (QED) is 0.704. The van der Waals surface area contributed by atoms with Crippen LogP contribution in [0.4, 0.5) is 17.1 Å². The molecule has 0 saturated heterocycles. The van der Waals surface area contributed by atoms with Crippen LogP contribution in [0, 0.1) is 20.8 Å². The van der Waals surface area contributed by atoms with Crippen LogP contribution in [0.15, 0.2) is 30.3 Å². The molecule has 2 N–H and O–H groups in total. The van der Waals surface area contributed by atoms with Crippen LogP contribution in [0.25, 0.3) is 10.2 Å². The number of hydrogen-bond donors (Lipinski definition) is 1. The number of thiazole rings is 1. The molecule has 0 unspecified atom stereocenters. The molecule has 0 bridgehead atoms. The summed E-state index contributed by atoms with van der Waals surface area (Å²) in [7, 11) is 2.05. The second kappa shape index (κ2) is 5.04. The fourth-order valence-corrected chi connectivity index (χ4v) is 3.52. The van der Waals surface area contributed by atoms with Crippen LogP contribution in [0.3, 0.4) is 0 Å². The van der Waals surface area contributed by atoms with Gasteiger partial charge in [0.25, 0.3) is 0 Å². The molecular weight excluding hydrogens is 278 g/mol. The summed E-state index contributed by atoms with van der Waals surface area (Å²) in [5.74, 6) is 0. The van der Waals surface area contributed by atoms with Crippen LogP contribution >= 0.6 is 11.3 Å². The lowest BCUT2D eigenvalue weighted by Crippen LogP contribution is -2.12. The van der Waals surface area contributed by atoms with E-state index in [2.05, 4.69) is 48.0 Å². The van der Waals surface area contributed by atoms with Crippen molar-refractivity contribution in [3.8, 4) is 0 Å². The molecule has 0 atom stereocenters. The van der Waals surface area contributed by atoms with Gasteiger partial charge in [-0.25, -0.2) is 4.98 Å². The molecule has 0 aliphatic rings. The fourth-order valence-electron chi connectivity index (χ4n) is 2.67. The lowest BCUT2D eigenvalue weighted by Gasteiger charge is -2.22. The Hall–Kier alpha value is -2.07. The molecular formula is C17H19N3S. The van der Waals surface area contributed by atoms with Crippen LogP contribution in [-0.4, -0.2) is 12.0 Å². The van der Waals surface area contributed by atoms with Gasteiger partial charge in [-0.05, 0) is 56.2 Å². The van der Waals surface area contributed by atoms with Gasteiger partial charge in [0.2, 0.25) is 0 Å². The molecule has 3 nitrogen and oxygen atoms in total. The monoisotopic (exact) mass is 297 g/mol. The van der Waals surface area contributed by atoms with E-state index < -0.39 is 0 Å². The highest BCUT2D eigenvalue weighted by molar-refractivity contribution is 7.18. The first-order chi connectivity index (χ1) is 9.94. The van der Waals surface area contributed by atoms with E-state index in [1.54, 1.807) is 11.3 Å². The molecule has 1 heterocycles. The molecule has 0 amide bonds. The van der Waals surface area contributed by atoms with Crippen LogP contribution in [-0.2, 0) is 0 Å². The van der Waals surface area contributed by atoms with Gasteiger partial charge < -0.3 is 10.6 Å². The smallest absolute Gasteiger partial charge is 0.0907 e. The Bertz CT molecular complexity index is 800. The van der Waals surface area contributed by atoms with E-state index in [0.29, 0.717) is 0 Å². The zero-order valence-electron chi connectivity index (χ0n) is 12.8. The largest absolute Gasteiger partial charge is 0.397 e. The topological polar surface area (TPSA) is 42.2 Å². The maximum atomic E-state index is 6.25. The molecule has 4 heteroatoms. The normalized spacial score (nSPS) is 11.0. The van der Waals surface area contributed by atoms with Crippen LogP contribution in [0.5, 0.6) is 0 Å². The number of benzene rings is 2. The lowest BCUT2D eigenvalue weighted by molar-refractivity contribution is 1.19. The maximum Gasteiger partial charge on any atom is 0.0907 e. The van der Waals surface area contributed by atoms with Crippen molar-refractivity contribution in [2.24, 2.45) is 0 Å². The van der Waals surface area contributed by atoms with E-state index in [1.165, 1.54) is 11.1 Å². The van der Waals surface area contributed by atoms with Crippen molar-refractivity contribution in [3.63, 3.8) is 0 Å². The minimum Gasteiger partial charge on any atom is -0.397 e. The van der Waals surface area contributed by atoms with E-state index in [4.69, 9.17) is 5.73 Å². The predicted octanol–water partition coefficient (Wildman–Crippen LogP) is 4.57. The molecule has 3 aromatic rings. The first-order valence-electron chi connectivity index (χ1n) is 6.93. The Morgan fingerprint density at radius 2 is 1.67 bits per heavy atom. The summed E-state index contributed by atoms with van der Waals surface area (Å²) in [4.78, 5) is 6.69. The molecule has 0 radical (unpaired) electrons. The number of aromatic nitrogens is 1. The summed E-state index contributed by atoms with van der Waals surface area (Å²) in [6.07, 6.45) is 0. The number of aryl methyl sites for hydroxylation is 3. The van der Waals surface area contributed by atoms with Crippen molar-refractivity contribution in [1.29, 1.82) is 0 Å². The standard InChI is InChI=1S/C17H19N3S/c1-10-5-11(2)7-13(6-10)20(4)16-9-15-17(8-14(16)18)21-12(3)19-15/h5-9H,18H2,1-4H3. The molecule has 0 aliphatic carbocycles. The van der Waals surface area contributed by atoms with E-state index in [0.717, 1.165) is 32.3 Å². The highest BCUT2D eigenvalue weighted by Crippen LogP contribution is 2.35. The van der Waals surface area contributed by atoms with Gasteiger partial charge in [0.05, 0.1) is 26.6 Å². The average molecular weight is 297 g/mol. The van der Waals surface area contributed by atoms with E-state index in [1.807, 2.05) is 20.0 Å². The van der Waals surface area contributed by atoms with Crippen molar-refractivity contribution in [2.75, 3.05) is 17.7 Å². The van der Waals surface area contributed by atoms with E-state index in [-0.39, 0.29) is 0 Å². The molecule has 0 saturated carbocycles. The molecule has 0 fully saturated rings.